The number of alkyl halides is 2. The van der Waals surface area contributed by atoms with Crippen LogP contribution in [0.25, 0.3) is 5.57 Å². The second kappa shape index (κ2) is 6.33. The third kappa shape index (κ3) is 3.18. The fraction of sp³-hybridized carbons (Fsp3) is 0.500. The topological polar surface area (TPSA) is 75.9 Å². The van der Waals surface area contributed by atoms with Crippen LogP contribution in [0.1, 0.15) is 36.9 Å². The number of aryl methyl sites for hydroxylation is 2. The molecule has 152 valence electrons. The van der Waals surface area contributed by atoms with Crippen molar-refractivity contribution >= 4 is 23.1 Å². The maximum absolute atomic E-state index is 13.4. The Morgan fingerprint density at radius 3 is 2.76 bits per heavy atom. The molecule has 9 heteroatoms. The normalized spacial score (nSPS) is 27.0. The summed E-state index contributed by atoms with van der Waals surface area (Å²) in [5, 5.41) is 7.27. The molecule has 2 aromatic rings. The van der Waals surface area contributed by atoms with Crippen molar-refractivity contribution in [2.45, 2.75) is 50.6 Å². The van der Waals surface area contributed by atoms with Crippen molar-refractivity contribution < 1.29 is 13.6 Å². The highest BCUT2D eigenvalue weighted by molar-refractivity contribution is 5.85. The molecule has 2 fully saturated rings. The van der Waals surface area contributed by atoms with Gasteiger partial charge in [-0.3, -0.25) is 9.48 Å². The minimum atomic E-state index is -2.82. The van der Waals surface area contributed by atoms with E-state index >= 15 is 0 Å². The van der Waals surface area contributed by atoms with Gasteiger partial charge in [-0.2, -0.15) is 5.10 Å². The van der Waals surface area contributed by atoms with Crippen molar-refractivity contribution in [1.82, 2.24) is 24.6 Å². The van der Waals surface area contributed by atoms with E-state index < -0.39 is 17.7 Å². The van der Waals surface area contributed by atoms with E-state index in [0.717, 1.165) is 35.4 Å². The van der Waals surface area contributed by atoms with Gasteiger partial charge in [-0.15, -0.1) is 0 Å². The van der Waals surface area contributed by atoms with Gasteiger partial charge in [-0.1, -0.05) is 6.08 Å². The molecular formula is C20H22F2N6O. The molecule has 0 unspecified atom stereocenters. The van der Waals surface area contributed by atoms with Crippen molar-refractivity contribution in [3.8, 4) is 0 Å². The van der Waals surface area contributed by atoms with Crippen LogP contribution in [0.15, 0.2) is 24.7 Å². The first-order chi connectivity index (χ1) is 13.8. The van der Waals surface area contributed by atoms with Gasteiger partial charge in [0.2, 0.25) is 11.9 Å². The first-order valence-corrected chi connectivity index (χ1v) is 9.82. The Morgan fingerprint density at radius 2 is 2.10 bits per heavy atom. The number of nitrogens with one attached hydrogen (secondary N) is 1. The quantitative estimate of drug-likeness (QED) is 0.854. The van der Waals surface area contributed by atoms with Crippen LogP contribution < -0.4 is 5.32 Å². The predicted octanol–water partition coefficient (Wildman–Crippen LogP) is 3.06. The fourth-order valence-corrected chi connectivity index (χ4v) is 4.45. The lowest BCUT2D eigenvalue weighted by Gasteiger charge is -2.34. The summed E-state index contributed by atoms with van der Waals surface area (Å²) in [6, 6.07) is -0.162. The molecule has 3 aliphatic rings. The van der Waals surface area contributed by atoms with Gasteiger partial charge in [0.25, 0.3) is 5.92 Å². The zero-order valence-electron chi connectivity index (χ0n) is 16.3. The molecule has 0 spiro atoms. The molecule has 2 aromatic heterocycles. The van der Waals surface area contributed by atoms with Crippen LogP contribution in [0.4, 0.5) is 20.4 Å². The molecule has 3 atom stereocenters. The average Bonchev–Trinajstić information content (AvgIpc) is 2.97. The maximum Gasteiger partial charge on any atom is 0.260 e. The van der Waals surface area contributed by atoms with Gasteiger partial charge >= 0.3 is 0 Å². The number of hydrogen-bond donors (Lipinski definition) is 1. The highest BCUT2D eigenvalue weighted by Gasteiger charge is 2.63. The molecule has 1 saturated heterocycles. The molecule has 29 heavy (non-hydrogen) atoms. The molecule has 0 radical (unpaired) electrons. The number of amides is 1. The van der Waals surface area contributed by atoms with Crippen LogP contribution in [0.3, 0.4) is 0 Å². The predicted molar refractivity (Wildman–Crippen MR) is 103 cm³/mol. The van der Waals surface area contributed by atoms with Crippen LogP contribution >= 0.6 is 0 Å². The van der Waals surface area contributed by atoms with Crippen LogP contribution in [0, 0.1) is 12.8 Å². The largest absolute Gasteiger partial charge is 0.332 e. The van der Waals surface area contributed by atoms with Gasteiger partial charge in [0.05, 0.1) is 23.6 Å². The van der Waals surface area contributed by atoms with Gasteiger partial charge in [-0.25, -0.2) is 18.7 Å². The number of rotatable bonds is 4. The molecular weight excluding hydrogens is 378 g/mol. The average molecular weight is 400 g/mol. The molecule has 4 heterocycles. The van der Waals surface area contributed by atoms with Crippen molar-refractivity contribution in [1.29, 1.82) is 0 Å². The van der Waals surface area contributed by atoms with E-state index in [2.05, 4.69) is 20.4 Å². The number of aromatic nitrogens is 4. The first-order valence-electron chi connectivity index (χ1n) is 9.82. The number of halogens is 2. The lowest BCUT2D eigenvalue weighted by Crippen LogP contribution is -2.44. The standard InChI is InChI=1S/C20H22F2N6O/c1-11-8-23-19(25-13-9-24-27(2)10-13)26-17(11)12-5-14-3-4-15(6-12)28(14)18(29)16-7-20(16,21)22/h5,8-10,14-16H,3-4,6-7H2,1-2H3,(H,23,25,26)/t14-,15+,16-/m0/s1. The zero-order chi connectivity index (χ0) is 20.3. The second-order valence-corrected chi connectivity index (χ2v) is 8.21. The van der Waals surface area contributed by atoms with E-state index in [9.17, 15) is 13.6 Å². The number of nitrogens with zero attached hydrogens (tertiary/aromatic N) is 5. The maximum atomic E-state index is 13.4. The minimum Gasteiger partial charge on any atom is -0.332 e. The summed E-state index contributed by atoms with van der Waals surface area (Å²) in [4.78, 5) is 23.3. The number of hydrogen-bond acceptors (Lipinski definition) is 5. The summed E-state index contributed by atoms with van der Waals surface area (Å²) in [6.45, 7) is 1.95. The first kappa shape index (κ1) is 18.2. The van der Waals surface area contributed by atoms with E-state index in [1.54, 1.807) is 22.0 Å². The Balaban J connectivity index is 1.40. The van der Waals surface area contributed by atoms with E-state index in [1.807, 2.05) is 26.2 Å². The van der Waals surface area contributed by atoms with Crippen molar-refractivity contribution in [3.63, 3.8) is 0 Å². The highest BCUT2D eigenvalue weighted by atomic mass is 19.3. The number of fused-ring (bicyclic) bond motifs is 2. The molecule has 2 bridgehead atoms. The number of anilines is 2. The summed E-state index contributed by atoms with van der Waals surface area (Å²) in [5.41, 5.74) is 3.63. The highest BCUT2D eigenvalue weighted by Crippen LogP contribution is 2.51. The van der Waals surface area contributed by atoms with Crippen LogP contribution in [-0.2, 0) is 11.8 Å². The van der Waals surface area contributed by atoms with E-state index in [-0.39, 0.29) is 18.5 Å². The molecule has 0 aromatic carbocycles. The molecule has 5 rings (SSSR count). The van der Waals surface area contributed by atoms with Gasteiger partial charge < -0.3 is 10.2 Å². The van der Waals surface area contributed by atoms with Crippen molar-refractivity contribution in [3.05, 3.63) is 35.9 Å². The van der Waals surface area contributed by atoms with E-state index in [4.69, 9.17) is 0 Å². The lowest BCUT2D eigenvalue weighted by atomic mass is 9.96. The Hall–Kier alpha value is -2.84. The lowest BCUT2D eigenvalue weighted by molar-refractivity contribution is -0.137. The van der Waals surface area contributed by atoms with Crippen molar-refractivity contribution in [2.24, 2.45) is 13.0 Å². The zero-order valence-corrected chi connectivity index (χ0v) is 16.3. The monoisotopic (exact) mass is 400 g/mol. The van der Waals surface area contributed by atoms with Crippen molar-refractivity contribution in [2.75, 3.05) is 5.32 Å². The van der Waals surface area contributed by atoms with Crippen LogP contribution in [0.2, 0.25) is 0 Å². The van der Waals surface area contributed by atoms with Crippen LogP contribution in [-0.4, -0.2) is 48.6 Å². The molecule has 1 amide bonds. The molecule has 2 aliphatic heterocycles. The smallest absolute Gasteiger partial charge is 0.260 e. The number of carbonyl (C=O) groups is 1. The van der Waals surface area contributed by atoms with Gasteiger partial charge in [0.15, 0.2) is 0 Å². The summed E-state index contributed by atoms with van der Waals surface area (Å²) < 4.78 is 28.5. The summed E-state index contributed by atoms with van der Waals surface area (Å²) in [6.07, 6.45) is 9.29. The number of carbonyl (C=O) groups excluding carboxylic acids is 1. The summed E-state index contributed by atoms with van der Waals surface area (Å²) in [7, 11) is 1.83. The van der Waals surface area contributed by atoms with Gasteiger partial charge in [-0.05, 0) is 37.3 Å². The Labute approximate surface area is 166 Å². The van der Waals surface area contributed by atoms with Crippen LogP contribution in [0.5, 0.6) is 0 Å². The molecule has 1 saturated carbocycles. The fourth-order valence-electron chi connectivity index (χ4n) is 4.45. The third-order valence-corrected chi connectivity index (χ3v) is 6.01. The molecule has 1 aliphatic carbocycles. The second-order valence-electron chi connectivity index (χ2n) is 8.21. The molecule has 7 nitrogen and oxygen atoms in total. The Kier molecular flexibility index (Phi) is 3.97. The summed E-state index contributed by atoms with van der Waals surface area (Å²) in [5.74, 6) is -3.87. The van der Waals surface area contributed by atoms with Gasteiger partial charge in [0.1, 0.15) is 5.92 Å². The third-order valence-electron chi connectivity index (χ3n) is 6.01. The SMILES string of the molecule is Cc1cnc(Nc2cnn(C)c2)nc1C1=C[C@@H]2CC[C@H](C1)N2C(=O)[C@@H]1CC1(F)F. The minimum absolute atomic E-state index is 0.0343. The van der Waals surface area contributed by atoms with E-state index in [0.29, 0.717) is 12.4 Å². The summed E-state index contributed by atoms with van der Waals surface area (Å²) >= 11 is 0. The van der Waals surface area contributed by atoms with E-state index in [1.165, 1.54) is 0 Å². The Morgan fingerprint density at radius 1 is 1.31 bits per heavy atom. The Bertz CT molecular complexity index is 1020. The van der Waals surface area contributed by atoms with Gasteiger partial charge in [0, 0.05) is 31.9 Å². The molecule has 1 N–H and O–H groups in total.